The number of aryl methyl sites for hydroxylation is 1. The molecule has 0 unspecified atom stereocenters. The van der Waals surface area contributed by atoms with Crippen LogP contribution in [0.4, 0.5) is 0 Å². The summed E-state index contributed by atoms with van der Waals surface area (Å²) in [6, 6.07) is 0. The maximum atomic E-state index is 12.6. The molecule has 0 spiro atoms. The number of piperazine rings is 1. The van der Waals surface area contributed by atoms with E-state index < -0.39 is 0 Å². The van der Waals surface area contributed by atoms with E-state index in [1.54, 1.807) is 0 Å². The lowest BCUT2D eigenvalue weighted by molar-refractivity contribution is -0.132. The fraction of sp³-hybridized carbons (Fsp3) is 0.765. The molecule has 2 aliphatic rings. The minimum absolute atomic E-state index is 0.0327. The lowest BCUT2D eigenvalue weighted by atomic mass is 10.2. The first kappa shape index (κ1) is 18.3. The predicted octanol–water partition coefficient (Wildman–Crippen LogP) is 1.26. The van der Waals surface area contributed by atoms with Crippen LogP contribution in [-0.2, 0) is 11.2 Å². The molecule has 1 aromatic heterocycles. The van der Waals surface area contributed by atoms with Crippen molar-refractivity contribution >= 4 is 23.3 Å². The van der Waals surface area contributed by atoms with Gasteiger partial charge in [0.1, 0.15) is 4.88 Å². The minimum Gasteiger partial charge on any atom is -0.342 e. The highest BCUT2D eigenvalue weighted by atomic mass is 32.1. The zero-order valence-electron chi connectivity index (χ0n) is 14.9. The molecule has 3 rings (SSSR count). The summed E-state index contributed by atoms with van der Waals surface area (Å²) in [5.74, 6) is 0.270. The first-order chi connectivity index (χ1) is 12.2. The smallest absolute Gasteiger partial charge is 0.267 e. The van der Waals surface area contributed by atoms with Crippen molar-refractivity contribution in [2.45, 2.75) is 39.0 Å². The second-order valence-corrected chi connectivity index (χ2v) is 7.52. The predicted molar refractivity (Wildman–Crippen MR) is 96.7 cm³/mol. The van der Waals surface area contributed by atoms with Crippen molar-refractivity contribution in [2.24, 2.45) is 0 Å². The molecule has 0 aromatic carbocycles. The Labute approximate surface area is 153 Å². The first-order valence-electron chi connectivity index (χ1n) is 9.29. The monoisotopic (exact) mass is 365 g/mol. The van der Waals surface area contributed by atoms with Crippen LogP contribution in [0.15, 0.2) is 0 Å². The first-order valence-corrected chi connectivity index (χ1v) is 10.1. The van der Waals surface area contributed by atoms with Crippen LogP contribution in [0.2, 0.25) is 0 Å². The standard InChI is InChI=1S/C17H27N5O2S/c1-2-14-16(25-19-18-14)17(24)22-11-9-20(10-12-22)13-15(23)21-7-5-3-4-6-8-21/h2-13H2,1H3. The van der Waals surface area contributed by atoms with Crippen LogP contribution in [0.5, 0.6) is 0 Å². The number of carbonyl (C=O) groups excluding carboxylic acids is 2. The Balaban J connectivity index is 1.48. The lowest BCUT2D eigenvalue weighted by Gasteiger charge is -2.35. The van der Waals surface area contributed by atoms with Gasteiger partial charge in [-0.3, -0.25) is 14.5 Å². The molecular formula is C17H27N5O2S. The molecule has 2 amide bonds. The molecule has 0 saturated carbocycles. The van der Waals surface area contributed by atoms with Gasteiger partial charge in [-0.05, 0) is 30.8 Å². The molecule has 138 valence electrons. The van der Waals surface area contributed by atoms with Crippen LogP contribution in [0.1, 0.15) is 48.0 Å². The molecule has 0 atom stereocenters. The number of hydrogen-bond acceptors (Lipinski definition) is 6. The average Bonchev–Trinajstić information content (AvgIpc) is 2.94. The van der Waals surface area contributed by atoms with E-state index in [4.69, 9.17) is 0 Å². The Kier molecular flexibility index (Phi) is 6.36. The molecule has 0 aliphatic carbocycles. The minimum atomic E-state index is 0.0327. The van der Waals surface area contributed by atoms with Crippen molar-refractivity contribution in [2.75, 3.05) is 45.8 Å². The van der Waals surface area contributed by atoms with Crippen LogP contribution < -0.4 is 0 Å². The summed E-state index contributed by atoms with van der Waals surface area (Å²) in [4.78, 5) is 31.8. The topological polar surface area (TPSA) is 69.6 Å². The Morgan fingerprint density at radius 2 is 1.64 bits per heavy atom. The molecule has 7 nitrogen and oxygen atoms in total. The Hall–Kier alpha value is -1.54. The summed E-state index contributed by atoms with van der Waals surface area (Å²) in [6.45, 7) is 7.08. The molecule has 1 aromatic rings. The van der Waals surface area contributed by atoms with E-state index in [1.807, 2.05) is 16.7 Å². The lowest BCUT2D eigenvalue weighted by Crippen LogP contribution is -2.51. The second-order valence-electron chi connectivity index (χ2n) is 6.77. The zero-order valence-corrected chi connectivity index (χ0v) is 15.8. The van der Waals surface area contributed by atoms with Gasteiger partial charge in [-0.15, -0.1) is 5.10 Å². The van der Waals surface area contributed by atoms with Crippen LogP contribution >= 0.6 is 11.5 Å². The summed E-state index contributed by atoms with van der Waals surface area (Å²) in [5, 5.41) is 4.02. The second kappa shape index (κ2) is 8.71. The van der Waals surface area contributed by atoms with Gasteiger partial charge in [-0.1, -0.05) is 24.3 Å². The number of nitrogens with zero attached hydrogens (tertiary/aromatic N) is 5. The van der Waals surface area contributed by atoms with E-state index in [9.17, 15) is 9.59 Å². The highest BCUT2D eigenvalue weighted by Gasteiger charge is 2.27. The van der Waals surface area contributed by atoms with Crippen LogP contribution in [0, 0.1) is 0 Å². The number of aromatic nitrogens is 2. The molecule has 0 bridgehead atoms. The highest BCUT2D eigenvalue weighted by Crippen LogP contribution is 2.16. The third-order valence-electron chi connectivity index (χ3n) is 5.06. The van der Waals surface area contributed by atoms with Crippen LogP contribution in [0.3, 0.4) is 0 Å². The van der Waals surface area contributed by atoms with Gasteiger partial charge in [-0.2, -0.15) is 0 Å². The van der Waals surface area contributed by atoms with Gasteiger partial charge in [0.25, 0.3) is 5.91 Å². The Bertz CT molecular complexity index is 590. The fourth-order valence-corrected chi connectivity index (χ4v) is 4.19. The quantitative estimate of drug-likeness (QED) is 0.803. The van der Waals surface area contributed by atoms with Crippen molar-refractivity contribution in [3.63, 3.8) is 0 Å². The maximum absolute atomic E-state index is 12.6. The summed E-state index contributed by atoms with van der Waals surface area (Å²) in [5.41, 5.74) is 0.786. The van der Waals surface area contributed by atoms with Crippen molar-refractivity contribution in [3.8, 4) is 0 Å². The normalized spacial score (nSPS) is 19.7. The SMILES string of the molecule is CCc1nnsc1C(=O)N1CCN(CC(=O)N2CCCCCC2)CC1. The summed E-state index contributed by atoms with van der Waals surface area (Å²) in [7, 11) is 0. The van der Waals surface area contributed by atoms with Gasteiger partial charge in [0.15, 0.2) is 0 Å². The maximum Gasteiger partial charge on any atom is 0.267 e. The highest BCUT2D eigenvalue weighted by molar-refractivity contribution is 7.08. The number of hydrogen-bond donors (Lipinski definition) is 0. The number of rotatable bonds is 4. The Morgan fingerprint density at radius 3 is 2.28 bits per heavy atom. The van der Waals surface area contributed by atoms with E-state index in [-0.39, 0.29) is 11.8 Å². The molecule has 0 radical (unpaired) electrons. The van der Waals surface area contributed by atoms with Crippen LogP contribution in [-0.4, -0.2) is 81.9 Å². The Morgan fingerprint density at radius 1 is 0.960 bits per heavy atom. The number of likely N-dealkylation sites (tertiary alicyclic amines) is 1. The van der Waals surface area contributed by atoms with Gasteiger partial charge < -0.3 is 9.80 Å². The molecular weight excluding hydrogens is 338 g/mol. The molecule has 25 heavy (non-hydrogen) atoms. The van der Waals surface area contributed by atoms with Gasteiger partial charge in [0.05, 0.1) is 12.2 Å². The molecule has 8 heteroatoms. The van der Waals surface area contributed by atoms with E-state index in [1.165, 1.54) is 24.4 Å². The van der Waals surface area contributed by atoms with E-state index in [0.717, 1.165) is 51.1 Å². The number of carbonyl (C=O) groups is 2. The number of amides is 2. The van der Waals surface area contributed by atoms with Gasteiger partial charge >= 0.3 is 0 Å². The van der Waals surface area contributed by atoms with E-state index >= 15 is 0 Å². The van der Waals surface area contributed by atoms with E-state index in [0.29, 0.717) is 24.5 Å². The third kappa shape index (κ3) is 4.55. The van der Waals surface area contributed by atoms with Crippen molar-refractivity contribution < 1.29 is 9.59 Å². The van der Waals surface area contributed by atoms with E-state index in [2.05, 4.69) is 14.5 Å². The molecule has 2 aliphatic heterocycles. The average molecular weight is 366 g/mol. The molecule has 0 N–H and O–H groups in total. The molecule has 3 heterocycles. The fourth-order valence-electron chi connectivity index (χ4n) is 3.47. The summed E-state index contributed by atoms with van der Waals surface area (Å²) < 4.78 is 3.91. The van der Waals surface area contributed by atoms with Gasteiger partial charge in [0.2, 0.25) is 5.91 Å². The third-order valence-corrected chi connectivity index (χ3v) is 5.82. The van der Waals surface area contributed by atoms with Crippen LogP contribution in [0.25, 0.3) is 0 Å². The van der Waals surface area contributed by atoms with Crippen molar-refractivity contribution in [1.29, 1.82) is 0 Å². The van der Waals surface area contributed by atoms with Crippen molar-refractivity contribution in [3.05, 3.63) is 10.6 Å². The molecule has 2 fully saturated rings. The van der Waals surface area contributed by atoms with Gasteiger partial charge in [-0.25, -0.2) is 0 Å². The molecule has 2 saturated heterocycles. The largest absolute Gasteiger partial charge is 0.342 e. The summed E-state index contributed by atoms with van der Waals surface area (Å²) >= 11 is 1.18. The zero-order chi connectivity index (χ0) is 17.6. The summed E-state index contributed by atoms with van der Waals surface area (Å²) in [6.07, 6.45) is 5.43. The van der Waals surface area contributed by atoms with Crippen molar-refractivity contribution in [1.82, 2.24) is 24.3 Å². The van der Waals surface area contributed by atoms with Gasteiger partial charge in [0, 0.05) is 39.3 Å².